The molecule has 3 aromatic rings. The maximum Gasteiger partial charge on any atom is 0.796 e. The minimum atomic E-state index is -2.93. The lowest BCUT2D eigenvalue weighted by Gasteiger charge is -2.12. The van der Waals surface area contributed by atoms with E-state index in [2.05, 4.69) is 0 Å². The largest absolute Gasteiger partial charge is 0.796 e. The van der Waals surface area contributed by atoms with Gasteiger partial charge in [-0.05, 0) is 24.3 Å². The maximum absolute atomic E-state index is 13.1. The summed E-state index contributed by atoms with van der Waals surface area (Å²) in [5.74, 6) is 0.0631. The molecule has 0 unspecified atom stereocenters. The Hall–Kier alpha value is -3.41. The van der Waals surface area contributed by atoms with E-state index in [0.717, 1.165) is 16.9 Å². The molecule has 0 amide bonds. The smallest absolute Gasteiger partial charge is 0.505 e. The van der Waals surface area contributed by atoms with E-state index in [4.69, 9.17) is 9.65 Å². The van der Waals surface area contributed by atoms with Crippen molar-refractivity contribution in [1.82, 2.24) is 0 Å². The van der Waals surface area contributed by atoms with Crippen LogP contribution in [0.4, 0.5) is 20.0 Å². The first-order valence-corrected chi connectivity index (χ1v) is 9.16. The fourth-order valence-electron chi connectivity index (χ4n) is 2.76. The fraction of sp³-hybridized carbons (Fsp3) is 0.0870. The SMILES string of the molecule is CN(C)c1ccc(N=C(/C=C(\OB(F)F)c2ccccc2)c2ccccc2)cc1. The second-order valence-corrected chi connectivity index (χ2v) is 6.53. The van der Waals surface area contributed by atoms with Crippen molar-refractivity contribution in [1.29, 1.82) is 0 Å². The molecule has 0 heterocycles. The van der Waals surface area contributed by atoms with Crippen molar-refractivity contribution in [3.63, 3.8) is 0 Å². The van der Waals surface area contributed by atoms with Crippen LogP contribution in [0.2, 0.25) is 0 Å². The molecule has 0 aliphatic heterocycles. The second kappa shape index (κ2) is 9.69. The van der Waals surface area contributed by atoms with E-state index >= 15 is 0 Å². The molecule has 0 spiro atoms. The summed E-state index contributed by atoms with van der Waals surface area (Å²) in [6.07, 6.45) is 1.55. The van der Waals surface area contributed by atoms with Crippen molar-refractivity contribution < 1.29 is 13.3 Å². The van der Waals surface area contributed by atoms with E-state index in [9.17, 15) is 8.63 Å². The van der Waals surface area contributed by atoms with Gasteiger partial charge in [0.2, 0.25) is 0 Å². The maximum atomic E-state index is 13.1. The number of halogens is 2. The highest BCUT2D eigenvalue weighted by molar-refractivity contribution is 6.36. The standard InChI is InChI=1S/C23H21BF2N2O/c1-28(2)21-15-13-20(14-16-21)27-22(18-9-5-3-6-10-18)17-23(29-24(25)26)19-11-7-4-8-12-19/h3-17H,1-2H3/b23-17-,27-22?. The Morgan fingerprint density at radius 3 is 1.90 bits per heavy atom. The van der Waals surface area contributed by atoms with E-state index in [1.807, 2.05) is 79.7 Å². The van der Waals surface area contributed by atoms with E-state index < -0.39 is 7.47 Å². The predicted octanol–water partition coefficient (Wildman–Crippen LogP) is 5.86. The van der Waals surface area contributed by atoms with Gasteiger partial charge in [0, 0.05) is 37.0 Å². The third kappa shape index (κ3) is 5.78. The third-order valence-corrected chi connectivity index (χ3v) is 4.23. The van der Waals surface area contributed by atoms with Crippen LogP contribution in [0.3, 0.4) is 0 Å². The minimum Gasteiger partial charge on any atom is -0.505 e. The molecular formula is C23H21BF2N2O. The summed E-state index contributed by atoms with van der Waals surface area (Å²) in [5.41, 5.74) is 3.65. The highest BCUT2D eigenvalue weighted by Gasteiger charge is 2.21. The lowest BCUT2D eigenvalue weighted by Crippen LogP contribution is -2.08. The number of anilines is 1. The molecule has 0 N–H and O–H groups in total. The number of hydrogen-bond acceptors (Lipinski definition) is 3. The Morgan fingerprint density at radius 2 is 1.38 bits per heavy atom. The van der Waals surface area contributed by atoms with Gasteiger partial charge in [0.1, 0.15) is 5.76 Å². The van der Waals surface area contributed by atoms with Crippen molar-refractivity contribution in [2.75, 3.05) is 19.0 Å². The molecular weight excluding hydrogens is 369 g/mol. The molecule has 0 saturated carbocycles. The van der Waals surface area contributed by atoms with Crippen molar-refractivity contribution >= 4 is 30.3 Å². The Labute approximate surface area is 170 Å². The minimum absolute atomic E-state index is 0.0631. The summed E-state index contributed by atoms with van der Waals surface area (Å²) in [6.45, 7) is 0. The summed E-state index contributed by atoms with van der Waals surface area (Å²) in [4.78, 5) is 6.69. The summed E-state index contributed by atoms with van der Waals surface area (Å²) in [7, 11) is 0.993. The van der Waals surface area contributed by atoms with Crippen molar-refractivity contribution in [3.8, 4) is 0 Å². The van der Waals surface area contributed by atoms with Crippen LogP contribution in [0.5, 0.6) is 0 Å². The third-order valence-electron chi connectivity index (χ3n) is 4.23. The van der Waals surface area contributed by atoms with Gasteiger partial charge in [-0.15, -0.1) is 0 Å². The van der Waals surface area contributed by atoms with Gasteiger partial charge >= 0.3 is 7.47 Å². The first-order valence-electron chi connectivity index (χ1n) is 9.16. The first kappa shape index (κ1) is 20.3. The van der Waals surface area contributed by atoms with Gasteiger partial charge in [0.25, 0.3) is 0 Å². The van der Waals surface area contributed by atoms with Gasteiger partial charge in [-0.3, -0.25) is 0 Å². The van der Waals surface area contributed by atoms with Gasteiger partial charge in [0.05, 0.1) is 11.4 Å². The molecule has 0 aliphatic rings. The van der Waals surface area contributed by atoms with Crippen LogP contribution in [0.15, 0.2) is 96.0 Å². The zero-order valence-electron chi connectivity index (χ0n) is 16.3. The Morgan fingerprint density at radius 1 is 0.828 bits per heavy atom. The molecule has 0 atom stereocenters. The summed E-state index contributed by atoms with van der Waals surface area (Å²) in [5, 5.41) is 0. The van der Waals surface area contributed by atoms with E-state index in [1.54, 1.807) is 30.3 Å². The van der Waals surface area contributed by atoms with Crippen LogP contribution in [0.25, 0.3) is 5.76 Å². The Kier molecular flexibility index (Phi) is 6.79. The average molecular weight is 390 g/mol. The van der Waals surface area contributed by atoms with E-state index in [-0.39, 0.29) is 5.76 Å². The van der Waals surface area contributed by atoms with Gasteiger partial charge in [-0.25, -0.2) is 13.6 Å². The summed E-state index contributed by atoms with van der Waals surface area (Å²) in [6, 6.07) is 25.9. The van der Waals surface area contributed by atoms with Crippen LogP contribution < -0.4 is 4.90 Å². The molecule has 6 heteroatoms. The lowest BCUT2D eigenvalue weighted by atomic mass is 10.1. The van der Waals surface area contributed by atoms with Gasteiger partial charge in [-0.1, -0.05) is 60.7 Å². The number of nitrogens with zero attached hydrogens (tertiary/aromatic N) is 2. The molecule has 0 radical (unpaired) electrons. The summed E-state index contributed by atoms with van der Waals surface area (Å²) < 4.78 is 30.9. The zero-order chi connectivity index (χ0) is 20.6. The zero-order valence-corrected chi connectivity index (χ0v) is 16.3. The van der Waals surface area contributed by atoms with Crippen molar-refractivity contribution in [2.24, 2.45) is 4.99 Å². The highest BCUT2D eigenvalue weighted by Crippen LogP contribution is 2.23. The molecule has 3 aromatic carbocycles. The lowest BCUT2D eigenvalue weighted by molar-refractivity contribution is 0.397. The van der Waals surface area contributed by atoms with Crippen LogP contribution in [0, 0.1) is 0 Å². The number of allylic oxidation sites excluding steroid dienone is 1. The summed E-state index contributed by atoms with van der Waals surface area (Å²) >= 11 is 0. The van der Waals surface area contributed by atoms with Crippen LogP contribution >= 0.6 is 0 Å². The van der Waals surface area contributed by atoms with Crippen LogP contribution in [0.1, 0.15) is 11.1 Å². The van der Waals surface area contributed by atoms with Crippen molar-refractivity contribution in [2.45, 2.75) is 0 Å². The molecule has 3 nitrogen and oxygen atoms in total. The number of aliphatic imine (C=N–C) groups is 1. The predicted molar refractivity (Wildman–Crippen MR) is 117 cm³/mol. The monoisotopic (exact) mass is 390 g/mol. The number of benzene rings is 3. The molecule has 0 bridgehead atoms. The number of rotatable bonds is 7. The molecule has 0 aliphatic carbocycles. The van der Waals surface area contributed by atoms with Gasteiger partial charge in [0.15, 0.2) is 0 Å². The fourth-order valence-corrected chi connectivity index (χ4v) is 2.76. The van der Waals surface area contributed by atoms with Crippen LogP contribution in [-0.4, -0.2) is 27.3 Å². The normalized spacial score (nSPS) is 11.9. The molecule has 0 aromatic heterocycles. The molecule has 3 rings (SSSR count). The topological polar surface area (TPSA) is 24.8 Å². The number of hydrogen-bond donors (Lipinski definition) is 0. The average Bonchev–Trinajstić information content (AvgIpc) is 2.74. The molecule has 0 fully saturated rings. The van der Waals surface area contributed by atoms with Gasteiger partial charge in [-0.2, -0.15) is 0 Å². The van der Waals surface area contributed by atoms with E-state index in [1.165, 1.54) is 0 Å². The quantitative estimate of drug-likeness (QED) is 0.287. The highest BCUT2D eigenvalue weighted by atomic mass is 19.2. The molecule has 146 valence electrons. The van der Waals surface area contributed by atoms with Crippen molar-refractivity contribution in [3.05, 3.63) is 102 Å². The molecule has 0 saturated heterocycles. The van der Waals surface area contributed by atoms with Gasteiger partial charge < -0.3 is 9.55 Å². The van der Waals surface area contributed by atoms with Crippen LogP contribution in [-0.2, 0) is 4.65 Å². The molecule has 29 heavy (non-hydrogen) atoms. The first-order chi connectivity index (χ1) is 14.0. The van der Waals surface area contributed by atoms with E-state index in [0.29, 0.717) is 11.3 Å². The Balaban J connectivity index is 2.08. The second-order valence-electron chi connectivity index (χ2n) is 6.53. The Bertz CT molecular complexity index is 973.